The van der Waals surface area contributed by atoms with Gasteiger partial charge in [0.15, 0.2) is 11.6 Å². The normalized spacial score (nSPS) is 31.8. The minimum Gasteiger partial charge on any atom is -0.489 e. The van der Waals surface area contributed by atoms with Crippen LogP contribution in [0.1, 0.15) is 89.2 Å². The summed E-state index contributed by atoms with van der Waals surface area (Å²) in [5.74, 6) is 0.445. The Kier molecular flexibility index (Phi) is 9.74. The molecule has 12 heteroatoms. The van der Waals surface area contributed by atoms with E-state index in [0.29, 0.717) is 68.3 Å². The van der Waals surface area contributed by atoms with Crippen molar-refractivity contribution in [3.8, 4) is 5.75 Å². The lowest BCUT2D eigenvalue weighted by Crippen LogP contribution is -2.49. The third-order valence-electron chi connectivity index (χ3n) is 12.5. The molecule has 5 aliphatic rings. The quantitative estimate of drug-likeness (QED) is 0.316. The zero-order chi connectivity index (χ0) is 36.9. The van der Waals surface area contributed by atoms with Crippen molar-refractivity contribution in [1.82, 2.24) is 14.3 Å². The highest BCUT2D eigenvalue weighted by molar-refractivity contribution is 7.93. The molecule has 2 amide bonds. The average molecular weight is 742 g/mol. The van der Waals surface area contributed by atoms with Gasteiger partial charge in [0.25, 0.3) is 5.91 Å². The number of benzene rings is 1. The highest BCUT2D eigenvalue weighted by Crippen LogP contribution is 2.46. The van der Waals surface area contributed by atoms with Gasteiger partial charge < -0.3 is 23.7 Å². The monoisotopic (exact) mass is 741 g/mol. The van der Waals surface area contributed by atoms with Gasteiger partial charge in [-0.15, -0.1) is 4.36 Å². The number of hydrogen-bond donors (Lipinski definition) is 1. The number of rotatable bonds is 3. The van der Waals surface area contributed by atoms with Gasteiger partial charge in [-0.05, 0) is 99.5 Å². The number of amides is 2. The van der Waals surface area contributed by atoms with Crippen molar-refractivity contribution in [3.05, 3.63) is 88.4 Å². The van der Waals surface area contributed by atoms with Gasteiger partial charge in [0, 0.05) is 44.0 Å². The number of nitrogens with zero attached hydrogens (tertiary/aromatic N) is 4. The molecule has 7 atom stereocenters. The van der Waals surface area contributed by atoms with E-state index in [0.717, 1.165) is 44.3 Å². The molecular weight excluding hydrogens is 691 g/mol. The van der Waals surface area contributed by atoms with Crippen LogP contribution in [0.25, 0.3) is 0 Å². The summed E-state index contributed by atoms with van der Waals surface area (Å²) in [5, 5.41) is -0.665. The summed E-state index contributed by atoms with van der Waals surface area (Å²) in [5.41, 5.74) is 5.01. The van der Waals surface area contributed by atoms with Gasteiger partial charge in [-0.2, -0.15) is 0 Å². The fourth-order valence-corrected chi connectivity index (χ4v) is 10.9. The van der Waals surface area contributed by atoms with E-state index in [1.165, 1.54) is 16.7 Å². The molecule has 2 aromatic heterocycles. The Labute approximate surface area is 312 Å². The molecule has 3 aromatic rings. The Morgan fingerprint density at radius 3 is 2.81 bits per heavy atom. The van der Waals surface area contributed by atoms with Crippen molar-refractivity contribution >= 4 is 27.5 Å². The maximum atomic E-state index is 15.0. The van der Waals surface area contributed by atoms with Crippen LogP contribution in [0.2, 0.25) is 0 Å². The SMILES string of the molecule is COC1/C=C/CC(C)C(C)S(=O)(NC(=O)c2cc3n(c2)CCOC3)=NC(=O)c2ccc3c(n2)N(CC2CCC21)CC1(CCCc2cc(C)ccc21)CO3. The molecular formula is C41H51N5O6S. The van der Waals surface area contributed by atoms with Gasteiger partial charge in [0.05, 0.1) is 36.7 Å². The van der Waals surface area contributed by atoms with Crippen LogP contribution >= 0.6 is 0 Å². The van der Waals surface area contributed by atoms with Crippen LogP contribution in [0.3, 0.4) is 0 Å². The number of aryl methyl sites for hydroxylation is 2. The first-order chi connectivity index (χ1) is 25.6. The number of pyridine rings is 1. The largest absolute Gasteiger partial charge is 0.489 e. The third kappa shape index (κ3) is 6.82. The molecule has 282 valence electrons. The lowest BCUT2D eigenvalue weighted by atomic mass is 9.68. The molecule has 1 N–H and O–H groups in total. The molecule has 1 aromatic carbocycles. The Hall–Kier alpha value is -4.00. The Morgan fingerprint density at radius 2 is 2.02 bits per heavy atom. The molecule has 53 heavy (non-hydrogen) atoms. The molecule has 1 saturated carbocycles. The average Bonchev–Trinajstić information content (AvgIpc) is 3.52. The van der Waals surface area contributed by atoms with E-state index in [1.54, 1.807) is 38.4 Å². The predicted molar refractivity (Wildman–Crippen MR) is 204 cm³/mol. The van der Waals surface area contributed by atoms with Crippen molar-refractivity contribution in [1.29, 1.82) is 0 Å². The number of ether oxygens (including phenoxy) is 3. The summed E-state index contributed by atoms with van der Waals surface area (Å²) in [6, 6.07) is 11.9. The predicted octanol–water partition coefficient (Wildman–Crippen LogP) is 6.17. The van der Waals surface area contributed by atoms with Crippen LogP contribution in [0.15, 0.2) is 59.1 Å². The minimum absolute atomic E-state index is 0.0678. The maximum Gasteiger partial charge on any atom is 0.305 e. The summed E-state index contributed by atoms with van der Waals surface area (Å²) in [6.45, 7) is 9.44. The maximum absolute atomic E-state index is 15.0. The number of hydrogen-bond acceptors (Lipinski definition) is 8. The van der Waals surface area contributed by atoms with E-state index in [-0.39, 0.29) is 23.1 Å². The summed E-state index contributed by atoms with van der Waals surface area (Å²) >= 11 is 0. The van der Waals surface area contributed by atoms with Gasteiger partial charge in [-0.1, -0.05) is 42.8 Å². The van der Waals surface area contributed by atoms with E-state index in [9.17, 15) is 13.8 Å². The highest BCUT2D eigenvalue weighted by Gasteiger charge is 2.45. The lowest BCUT2D eigenvalue weighted by Gasteiger charge is -2.45. The first kappa shape index (κ1) is 36.0. The number of fused-ring (bicyclic) bond motifs is 5. The lowest BCUT2D eigenvalue weighted by molar-refractivity contribution is 0.0131. The van der Waals surface area contributed by atoms with Crippen LogP contribution < -0.4 is 14.4 Å². The van der Waals surface area contributed by atoms with Crippen molar-refractivity contribution in [2.45, 2.75) is 89.2 Å². The molecule has 11 nitrogen and oxygen atoms in total. The summed E-state index contributed by atoms with van der Waals surface area (Å²) in [7, 11) is -1.87. The number of anilines is 1. The number of allylic oxidation sites excluding steroid dienone is 1. The van der Waals surface area contributed by atoms with E-state index in [4.69, 9.17) is 19.2 Å². The van der Waals surface area contributed by atoms with Crippen LogP contribution in [0.4, 0.5) is 5.82 Å². The minimum atomic E-state index is -3.64. The molecule has 7 unspecified atom stereocenters. The Morgan fingerprint density at radius 1 is 1.15 bits per heavy atom. The summed E-state index contributed by atoms with van der Waals surface area (Å²) in [6.07, 6.45) is 11.7. The second-order valence-electron chi connectivity index (χ2n) is 15.9. The molecule has 8 rings (SSSR count). The molecule has 1 spiro atoms. The fraction of sp³-hybridized carbons (Fsp3) is 0.537. The number of methoxy groups -OCH3 is 1. The van der Waals surface area contributed by atoms with Gasteiger partial charge in [-0.3, -0.25) is 14.3 Å². The van der Waals surface area contributed by atoms with Crippen molar-refractivity contribution < 1.29 is 28.0 Å². The fourth-order valence-electron chi connectivity index (χ4n) is 9.03. The number of aromatic nitrogens is 2. The standard InChI is InChI=1S/C41H51N5O6S/c1-26-10-13-34-29(19-26)8-6-16-41(34)24-46-21-30-11-12-33(30)36(50-4)9-5-7-27(2)28(3)53(49,43-39(47)31-20-32-23-51-18-17-45(32)22-31)44-40(48)35-14-15-37(52-25-41)38(46)42-35/h5,9-10,13-15,19-20,22,27-28,30,33,36H,6-8,11-12,16-18,21,23-25H2,1-4H3,(H,43,44,47,48,49)/b9-5+. The topological polar surface area (TPSA) is 124 Å². The van der Waals surface area contributed by atoms with Crippen molar-refractivity contribution in [2.24, 2.45) is 22.1 Å². The van der Waals surface area contributed by atoms with Crippen LogP contribution in [-0.2, 0) is 44.4 Å². The molecule has 0 radical (unpaired) electrons. The highest BCUT2D eigenvalue weighted by atomic mass is 32.2. The van der Waals surface area contributed by atoms with Crippen molar-refractivity contribution in [3.63, 3.8) is 0 Å². The number of carbonyl (C=O) groups excluding carboxylic acids is 2. The van der Waals surface area contributed by atoms with E-state index < -0.39 is 27.0 Å². The number of nitrogens with one attached hydrogen (secondary N) is 1. The Balaban J connectivity index is 1.20. The zero-order valence-electron chi connectivity index (χ0n) is 31.2. The molecule has 2 aliphatic carbocycles. The molecule has 3 aliphatic heterocycles. The van der Waals surface area contributed by atoms with Gasteiger partial charge in [-0.25, -0.2) is 9.19 Å². The van der Waals surface area contributed by atoms with Gasteiger partial charge >= 0.3 is 5.91 Å². The van der Waals surface area contributed by atoms with Crippen molar-refractivity contribution in [2.75, 3.05) is 38.3 Å². The third-order valence-corrected chi connectivity index (χ3v) is 14.9. The van der Waals surface area contributed by atoms with Crippen LogP contribution in [-0.4, -0.2) is 70.3 Å². The van der Waals surface area contributed by atoms with E-state index >= 15 is 0 Å². The Bertz CT molecular complexity index is 2040. The second kappa shape index (κ2) is 14.3. The zero-order valence-corrected chi connectivity index (χ0v) is 32.0. The van der Waals surface area contributed by atoms with Crippen LogP contribution in [0.5, 0.6) is 5.75 Å². The summed E-state index contributed by atoms with van der Waals surface area (Å²) in [4.78, 5) is 35.2. The molecule has 0 saturated heterocycles. The van der Waals surface area contributed by atoms with E-state index in [2.05, 4.69) is 51.3 Å². The van der Waals surface area contributed by atoms with Crippen LogP contribution in [0, 0.1) is 24.7 Å². The molecule has 2 bridgehead atoms. The van der Waals surface area contributed by atoms with Gasteiger partial charge in [0.1, 0.15) is 15.6 Å². The first-order valence-corrected chi connectivity index (χ1v) is 20.7. The smallest absolute Gasteiger partial charge is 0.305 e. The first-order valence-electron chi connectivity index (χ1n) is 19.1. The van der Waals surface area contributed by atoms with E-state index in [1.807, 2.05) is 11.5 Å². The number of carbonyl (C=O) groups is 2. The summed E-state index contributed by atoms with van der Waals surface area (Å²) < 4.78 is 42.3. The molecule has 1 fully saturated rings. The molecule has 5 heterocycles. The second-order valence-corrected chi connectivity index (χ2v) is 18.2. The van der Waals surface area contributed by atoms with Gasteiger partial charge in [0.2, 0.25) is 0 Å².